The number of aromatic nitrogens is 1. The van der Waals surface area contributed by atoms with Crippen molar-refractivity contribution in [2.45, 2.75) is 32.9 Å². The van der Waals surface area contributed by atoms with E-state index in [0.717, 1.165) is 12.1 Å². The van der Waals surface area contributed by atoms with E-state index in [0.29, 0.717) is 24.8 Å². The summed E-state index contributed by atoms with van der Waals surface area (Å²) in [4.78, 5) is 8.64. The normalized spacial score (nSPS) is 12.9. The van der Waals surface area contributed by atoms with E-state index in [1.54, 1.807) is 13.3 Å². The molecule has 0 saturated carbocycles. The highest BCUT2D eigenvalue weighted by Gasteiger charge is 2.10. The van der Waals surface area contributed by atoms with Crippen molar-refractivity contribution in [3.63, 3.8) is 0 Å². The van der Waals surface area contributed by atoms with Gasteiger partial charge in [0, 0.05) is 30.6 Å². The highest BCUT2D eigenvalue weighted by Crippen LogP contribution is 2.14. The van der Waals surface area contributed by atoms with Crippen molar-refractivity contribution in [3.8, 4) is 5.88 Å². The van der Waals surface area contributed by atoms with Crippen molar-refractivity contribution in [2.75, 3.05) is 25.7 Å². The van der Waals surface area contributed by atoms with E-state index in [1.807, 2.05) is 26.0 Å². The molecule has 24 heavy (non-hydrogen) atoms. The summed E-state index contributed by atoms with van der Waals surface area (Å²) in [5.74, 6) is 1.34. The molecule has 2 N–H and O–H groups in total. The highest BCUT2D eigenvalue weighted by atomic mass is 127. The number of guanidine groups is 1. The standard InChI is InChI=1S/C15H26N4O3S.HI/c1-5-16-15(19-12(2)8-10-23(4,20)21)18-11-13-7-6-9-17-14(13)22-3;/h6-7,9,12H,5,8,10-11H2,1-4H3,(H2,16,18,19);1H. The fraction of sp³-hybridized carbons (Fsp3) is 0.600. The van der Waals surface area contributed by atoms with Gasteiger partial charge in [-0.05, 0) is 26.3 Å². The van der Waals surface area contributed by atoms with E-state index in [9.17, 15) is 8.42 Å². The average Bonchev–Trinajstić information content (AvgIpc) is 2.50. The maximum Gasteiger partial charge on any atom is 0.218 e. The number of hydrogen-bond acceptors (Lipinski definition) is 5. The second kappa shape index (κ2) is 11.5. The van der Waals surface area contributed by atoms with Crippen molar-refractivity contribution in [2.24, 2.45) is 4.99 Å². The van der Waals surface area contributed by atoms with E-state index in [1.165, 1.54) is 6.26 Å². The lowest BCUT2D eigenvalue weighted by Gasteiger charge is -2.17. The number of ether oxygens (including phenoxy) is 1. The minimum atomic E-state index is -2.96. The molecule has 1 rings (SSSR count). The van der Waals surface area contributed by atoms with E-state index in [4.69, 9.17) is 4.74 Å². The van der Waals surface area contributed by atoms with Gasteiger partial charge < -0.3 is 15.4 Å². The smallest absolute Gasteiger partial charge is 0.218 e. The van der Waals surface area contributed by atoms with Crippen molar-refractivity contribution in [3.05, 3.63) is 23.9 Å². The molecule has 0 radical (unpaired) electrons. The van der Waals surface area contributed by atoms with Crippen LogP contribution in [0, 0.1) is 0 Å². The molecule has 9 heteroatoms. The van der Waals surface area contributed by atoms with Crippen LogP contribution in [0.3, 0.4) is 0 Å². The van der Waals surface area contributed by atoms with E-state index < -0.39 is 9.84 Å². The summed E-state index contributed by atoms with van der Waals surface area (Å²) in [5.41, 5.74) is 0.885. The van der Waals surface area contributed by atoms with Crippen LogP contribution >= 0.6 is 24.0 Å². The molecule has 138 valence electrons. The monoisotopic (exact) mass is 470 g/mol. The molecule has 1 heterocycles. The minimum Gasteiger partial charge on any atom is -0.481 e. The predicted octanol–water partition coefficient (Wildman–Crippen LogP) is 1.59. The summed E-state index contributed by atoms with van der Waals surface area (Å²) >= 11 is 0. The molecule has 0 spiro atoms. The minimum absolute atomic E-state index is 0. The number of hydrogen-bond donors (Lipinski definition) is 2. The van der Waals surface area contributed by atoms with Gasteiger partial charge >= 0.3 is 0 Å². The predicted molar refractivity (Wildman–Crippen MR) is 108 cm³/mol. The highest BCUT2D eigenvalue weighted by molar-refractivity contribution is 14.0. The molecule has 0 aliphatic carbocycles. The summed E-state index contributed by atoms with van der Waals surface area (Å²) < 4.78 is 27.7. The Hall–Kier alpha value is -1.10. The second-order valence-electron chi connectivity index (χ2n) is 5.33. The van der Waals surface area contributed by atoms with Gasteiger partial charge in [-0.25, -0.2) is 18.4 Å². The third-order valence-corrected chi connectivity index (χ3v) is 4.08. The molecule has 1 atom stereocenters. The molecule has 0 aliphatic heterocycles. The van der Waals surface area contributed by atoms with Gasteiger partial charge in [0.05, 0.1) is 19.4 Å². The van der Waals surface area contributed by atoms with Crippen LogP contribution in [-0.2, 0) is 16.4 Å². The number of rotatable bonds is 8. The second-order valence-corrected chi connectivity index (χ2v) is 7.59. The van der Waals surface area contributed by atoms with Crippen LogP contribution in [0.4, 0.5) is 0 Å². The average molecular weight is 470 g/mol. The van der Waals surface area contributed by atoms with Crippen molar-refractivity contribution >= 4 is 39.8 Å². The largest absolute Gasteiger partial charge is 0.481 e. The number of sulfone groups is 1. The number of nitrogens with zero attached hydrogens (tertiary/aromatic N) is 2. The van der Waals surface area contributed by atoms with E-state index in [2.05, 4.69) is 20.6 Å². The lowest BCUT2D eigenvalue weighted by atomic mass is 10.2. The number of methoxy groups -OCH3 is 1. The van der Waals surface area contributed by atoms with Crippen molar-refractivity contribution in [1.29, 1.82) is 0 Å². The fourth-order valence-corrected chi connectivity index (χ4v) is 2.69. The molecule has 0 fully saturated rings. The van der Waals surface area contributed by atoms with E-state index in [-0.39, 0.29) is 35.8 Å². The van der Waals surface area contributed by atoms with Gasteiger partial charge in [0.2, 0.25) is 5.88 Å². The third kappa shape index (κ3) is 9.26. The summed E-state index contributed by atoms with van der Waals surface area (Å²) in [6.45, 7) is 5.05. The van der Waals surface area contributed by atoms with Crippen LogP contribution < -0.4 is 15.4 Å². The maximum atomic E-state index is 11.2. The van der Waals surface area contributed by atoms with Gasteiger partial charge in [-0.15, -0.1) is 24.0 Å². The van der Waals surface area contributed by atoms with Gasteiger partial charge in [-0.2, -0.15) is 0 Å². The Labute approximate surface area is 161 Å². The topological polar surface area (TPSA) is 92.7 Å². The zero-order valence-electron chi connectivity index (χ0n) is 14.6. The zero-order chi connectivity index (χ0) is 17.3. The van der Waals surface area contributed by atoms with Crippen LogP contribution in [0.25, 0.3) is 0 Å². The van der Waals surface area contributed by atoms with Gasteiger partial charge in [0.15, 0.2) is 5.96 Å². The molecule has 1 aromatic rings. The Morgan fingerprint density at radius 3 is 2.75 bits per heavy atom. The quantitative estimate of drug-likeness (QED) is 0.341. The first kappa shape index (κ1) is 22.9. The maximum absolute atomic E-state index is 11.2. The first-order valence-corrected chi connectivity index (χ1v) is 9.62. The molecule has 1 unspecified atom stereocenters. The first-order valence-electron chi connectivity index (χ1n) is 7.56. The van der Waals surface area contributed by atoms with Crippen molar-refractivity contribution < 1.29 is 13.2 Å². The molecule has 0 bridgehead atoms. The molecule has 1 aromatic heterocycles. The summed E-state index contributed by atoms with van der Waals surface area (Å²) in [6, 6.07) is 3.74. The molecule has 0 aliphatic rings. The Kier molecular flexibility index (Phi) is 10.9. The Bertz CT molecular complexity index is 623. The Balaban J connectivity index is 0.00000529. The van der Waals surface area contributed by atoms with Crippen LogP contribution in [0.1, 0.15) is 25.8 Å². The number of nitrogens with one attached hydrogen (secondary N) is 2. The van der Waals surface area contributed by atoms with Crippen molar-refractivity contribution in [1.82, 2.24) is 15.6 Å². The molecule has 0 aromatic carbocycles. The van der Waals surface area contributed by atoms with Crippen LogP contribution in [0.2, 0.25) is 0 Å². The Morgan fingerprint density at radius 2 is 2.17 bits per heavy atom. The SMILES string of the molecule is CCNC(=NCc1cccnc1OC)NC(C)CCS(C)(=O)=O.I. The number of pyridine rings is 1. The third-order valence-electron chi connectivity index (χ3n) is 3.10. The van der Waals surface area contributed by atoms with Gasteiger partial charge in [-0.1, -0.05) is 6.07 Å². The molecular weight excluding hydrogens is 443 g/mol. The van der Waals surface area contributed by atoms with Crippen LogP contribution in [-0.4, -0.2) is 51.1 Å². The number of aliphatic imine (C=N–C) groups is 1. The molecular formula is C15H27IN4O3S. The van der Waals surface area contributed by atoms with Gasteiger partial charge in [-0.3, -0.25) is 0 Å². The summed E-state index contributed by atoms with van der Waals surface area (Å²) in [6.07, 6.45) is 3.44. The summed E-state index contributed by atoms with van der Waals surface area (Å²) in [7, 11) is -1.38. The van der Waals surface area contributed by atoms with Crippen LogP contribution in [0.15, 0.2) is 23.3 Å². The van der Waals surface area contributed by atoms with Crippen LogP contribution in [0.5, 0.6) is 5.88 Å². The van der Waals surface area contributed by atoms with Gasteiger partial charge in [0.1, 0.15) is 9.84 Å². The Morgan fingerprint density at radius 1 is 1.46 bits per heavy atom. The lowest BCUT2D eigenvalue weighted by molar-refractivity contribution is 0.392. The van der Waals surface area contributed by atoms with E-state index >= 15 is 0 Å². The fourth-order valence-electron chi connectivity index (χ4n) is 1.91. The first-order chi connectivity index (χ1) is 10.9. The molecule has 0 saturated heterocycles. The zero-order valence-corrected chi connectivity index (χ0v) is 17.7. The number of halogens is 1. The summed E-state index contributed by atoms with van der Waals surface area (Å²) in [5, 5.41) is 6.36. The lowest BCUT2D eigenvalue weighted by Crippen LogP contribution is -2.42. The molecule has 0 amide bonds. The van der Waals surface area contributed by atoms with Gasteiger partial charge in [0.25, 0.3) is 0 Å². The molecule has 7 nitrogen and oxygen atoms in total.